The predicted octanol–water partition coefficient (Wildman–Crippen LogP) is 2.86. The summed E-state index contributed by atoms with van der Waals surface area (Å²) in [6, 6.07) is 7.73. The van der Waals surface area contributed by atoms with Crippen LogP contribution in [0, 0.1) is 5.92 Å². The first-order valence-electron chi connectivity index (χ1n) is 7.82. The zero-order valence-corrected chi connectivity index (χ0v) is 14.0. The molecule has 0 fully saturated rings. The number of carbonyl (C=O) groups is 1. The highest BCUT2D eigenvalue weighted by atomic mass is 16.6. The molecule has 1 aromatic rings. The molecular formula is C18H24N2O3. The number of hydrogen-bond donors (Lipinski definition) is 0. The summed E-state index contributed by atoms with van der Waals surface area (Å²) in [5.41, 5.74) is 1.78. The Balaban J connectivity index is 2.03. The van der Waals surface area contributed by atoms with Gasteiger partial charge < -0.3 is 14.5 Å². The monoisotopic (exact) mass is 316 g/mol. The third kappa shape index (κ3) is 4.12. The molecule has 0 bridgehead atoms. The van der Waals surface area contributed by atoms with Crippen molar-refractivity contribution in [1.29, 1.82) is 0 Å². The van der Waals surface area contributed by atoms with Crippen LogP contribution in [-0.2, 0) is 9.63 Å². The number of methoxy groups -OCH3 is 1. The molecule has 1 heterocycles. The number of amides is 1. The van der Waals surface area contributed by atoms with Crippen LogP contribution in [0.2, 0.25) is 0 Å². The molecule has 0 saturated carbocycles. The van der Waals surface area contributed by atoms with Crippen molar-refractivity contribution >= 4 is 11.6 Å². The van der Waals surface area contributed by atoms with Gasteiger partial charge in [-0.05, 0) is 12.1 Å². The second-order valence-corrected chi connectivity index (χ2v) is 5.86. The molecule has 1 aromatic carbocycles. The molecule has 0 radical (unpaired) electrons. The number of para-hydroxylation sites is 1. The maximum Gasteiger partial charge on any atom is 0.225 e. The molecule has 0 aliphatic carbocycles. The number of oxime groups is 1. The lowest BCUT2D eigenvalue weighted by Crippen LogP contribution is -2.40. The van der Waals surface area contributed by atoms with E-state index in [1.54, 1.807) is 18.1 Å². The minimum absolute atomic E-state index is 0.0500. The fraction of sp³-hybridized carbons (Fsp3) is 0.444. The van der Waals surface area contributed by atoms with Crippen LogP contribution in [0.25, 0.3) is 0 Å². The van der Waals surface area contributed by atoms with E-state index in [0.29, 0.717) is 19.5 Å². The summed E-state index contributed by atoms with van der Waals surface area (Å²) in [5, 5.41) is 4.19. The van der Waals surface area contributed by atoms with Crippen LogP contribution in [0.15, 0.2) is 42.1 Å². The summed E-state index contributed by atoms with van der Waals surface area (Å²) in [7, 11) is 1.64. The average Bonchev–Trinajstić information content (AvgIpc) is 3.02. The average molecular weight is 316 g/mol. The number of carbonyl (C=O) groups excluding carboxylic acids is 1. The van der Waals surface area contributed by atoms with Gasteiger partial charge in [0.15, 0.2) is 6.10 Å². The predicted molar refractivity (Wildman–Crippen MR) is 90.6 cm³/mol. The molecule has 1 aliphatic heterocycles. The molecule has 1 atom stereocenters. The van der Waals surface area contributed by atoms with Crippen LogP contribution in [0.1, 0.15) is 25.8 Å². The van der Waals surface area contributed by atoms with Crippen LogP contribution in [0.5, 0.6) is 5.75 Å². The summed E-state index contributed by atoms with van der Waals surface area (Å²) >= 11 is 0. The van der Waals surface area contributed by atoms with Gasteiger partial charge in [0.1, 0.15) is 5.75 Å². The Bertz CT molecular complexity index is 596. The highest BCUT2D eigenvalue weighted by Gasteiger charge is 2.28. The van der Waals surface area contributed by atoms with Crippen LogP contribution in [0.3, 0.4) is 0 Å². The number of rotatable bonds is 7. The zero-order chi connectivity index (χ0) is 16.8. The van der Waals surface area contributed by atoms with E-state index in [1.165, 1.54) is 0 Å². The van der Waals surface area contributed by atoms with Gasteiger partial charge in [0.05, 0.1) is 19.4 Å². The summed E-state index contributed by atoms with van der Waals surface area (Å²) in [6.07, 6.45) is 2.24. The lowest BCUT2D eigenvalue weighted by Gasteiger charge is -2.25. The standard InChI is InChI=1S/C18H24N2O3/c1-5-10-20(18(21)13(2)3)12-14-11-16(19-23-14)15-8-6-7-9-17(15)22-4/h5-9,13-14H,1,10-12H2,2-4H3/t14-/m1/s1. The third-order valence-electron chi connectivity index (χ3n) is 3.73. The number of ether oxygens (including phenoxy) is 1. The van der Waals surface area contributed by atoms with Crippen molar-refractivity contribution in [3.63, 3.8) is 0 Å². The van der Waals surface area contributed by atoms with Gasteiger partial charge in [-0.15, -0.1) is 6.58 Å². The lowest BCUT2D eigenvalue weighted by atomic mass is 10.0. The largest absolute Gasteiger partial charge is 0.496 e. The molecule has 5 nitrogen and oxygen atoms in total. The van der Waals surface area contributed by atoms with Crippen LogP contribution >= 0.6 is 0 Å². The number of hydrogen-bond acceptors (Lipinski definition) is 4. The first-order valence-corrected chi connectivity index (χ1v) is 7.82. The topological polar surface area (TPSA) is 51.1 Å². The van der Waals surface area contributed by atoms with Crippen LogP contribution < -0.4 is 4.74 Å². The molecular weight excluding hydrogens is 292 g/mol. The van der Waals surface area contributed by atoms with Crippen molar-refractivity contribution < 1.29 is 14.4 Å². The fourth-order valence-corrected chi connectivity index (χ4v) is 2.59. The van der Waals surface area contributed by atoms with E-state index in [0.717, 1.165) is 17.0 Å². The second-order valence-electron chi connectivity index (χ2n) is 5.86. The zero-order valence-electron chi connectivity index (χ0n) is 14.0. The van der Waals surface area contributed by atoms with Gasteiger partial charge in [-0.2, -0.15) is 0 Å². The maximum atomic E-state index is 12.2. The Morgan fingerprint density at radius 3 is 2.91 bits per heavy atom. The van der Waals surface area contributed by atoms with E-state index >= 15 is 0 Å². The molecule has 1 amide bonds. The van der Waals surface area contributed by atoms with E-state index in [4.69, 9.17) is 9.57 Å². The molecule has 0 spiro atoms. The SMILES string of the molecule is C=CCN(C[C@H]1CC(c2ccccc2OC)=NO1)C(=O)C(C)C. The first kappa shape index (κ1) is 17.1. The normalized spacial score (nSPS) is 16.7. The quantitative estimate of drug-likeness (QED) is 0.727. The minimum atomic E-state index is -0.141. The van der Waals surface area contributed by atoms with E-state index < -0.39 is 0 Å². The van der Waals surface area contributed by atoms with Crippen LogP contribution in [0.4, 0.5) is 0 Å². The molecule has 124 valence electrons. The first-order chi connectivity index (χ1) is 11.1. The highest BCUT2D eigenvalue weighted by molar-refractivity contribution is 6.03. The van der Waals surface area contributed by atoms with Crippen molar-refractivity contribution in [2.45, 2.75) is 26.4 Å². The summed E-state index contributed by atoms with van der Waals surface area (Å²) in [4.78, 5) is 19.5. The molecule has 0 N–H and O–H groups in total. The number of benzene rings is 1. The van der Waals surface area contributed by atoms with Crippen LogP contribution in [-0.4, -0.2) is 42.8 Å². The minimum Gasteiger partial charge on any atom is -0.496 e. The van der Waals surface area contributed by atoms with Gasteiger partial charge in [0.25, 0.3) is 0 Å². The van der Waals surface area contributed by atoms with E-state index in [-0.39, 0.29) is 17.9 Å². The van der Waals surface area contributed by atoms with Crippen molar-refractivity contribution in [2.24, 2.45) is 11.1 Å². The summed E-state index contributed by atoms with van der Waals surface area (Å²) < 4.78 is 5.37. The second kappa shape index (κ2) is 7.81. The van der Waals surface area contributed by atoms with Gasteiger partial charge >= 0.3 is 0 Å². The molecule has 0 unspecified atom stereocenters. The lowest BCUT2D eigenvalue weighted by molar-refractivity contribution is -0.135. The van der Waals surface area contributed by atoms with E-state index in [1.807, 2.05) is 38.1 Å². The Kier molecular flexibility index (Phi) is 5.79. The molecule has 1 aliphatic rings. The Morgan fingerprint density at radius 2 is 2.26 bits per heavy atom. The smallest absolute Gasteiger partial charge is 0.225 e. The molecule has 0 aromatic heterocycles. The van der Waals surface area contributed by atoms with Crippen molar-refractivity contribution in [3.05, 3.63) is 42.5 Å². The van der Waals surface area contributed by atoms with Crippen molar-refractivity contribution in [2.75, 3.05) is 20.2 Å². The molecule has 2 rings (SSSR count). The molecule has 23 heavy (non-hydrogen) atoms. The van der Waals surface area contributed by atoms with Gasteiger partial charge in [-0.25, -0.2) is 0 Å². The van der Waals surface area contributed by atoms with Crippen molar-refractivity contribution in [3.8, 4) is 5.75 Å². The maximum absolute atomic E-state index is 12.2. The van der Waals surface area contributed by atoms with Crippen molar-refractivity contribution in [1.82, 2.24) is 4.90 Å². The fourth-order valence-electron chi connectivity index (χ4n) is 2.59. The summed E-state index contributed by atoms with van der Waals surface area (Å²) in [5.74, 6) is 0.821. The Morgan fingerprint density at radius 1 is 1.52 bits per heavy atom. The van der Waals surface area contributed by atoms with Gasteiger partial charge in [-0.1, -0.05) is 37.2 Å². The van der Waals surface area contributed by atoms with Gasteiger partial charge in [-0.3, -0.25) is 4.79 Å². The third-order valence-corrected chi connectivity index (χ3v) is 3.73. The van der Waals surface area contributed by atoms with E-state index in [2.05, 4.69) is 11.7 Å². The van der Waals surface area contributed by atoms with Gasteiger partial charge in [0, 0.05) is 24.4 Å². The summed E-state index contributed by atoms with van der Waals surface area (Å²) in [6.45, 7) is 8.53. The van der Waals surface area contributed by atoms with E-state index in [9.17, 15) is 4.79 Å². The molecule has 5 heteroatoms. The van der Waals surface area contributed by atoms with Gasteiger partial charge in [0.2, 0.25) is 5.91 Å². The highest BCUT2D eigenvalue weighted by Crippen LogP contribution is 2.25. The number of nitrogens with zero attached hydrogens (tertiary/aromatic N) is 2. The Hall–Kier alpha value is -2.30. The molecule has 0 saturated heterocycles. The Labute approximate surface area is 137 Å².